The Kier molecular flexibility index (Phi) is 5.64. The van der Waals surface area contributed by atoms with E-state index in [9.17, 15) is 0 Å². The first-order chi connectivity index (χ1) is 16.9. The van der Waals surface area contributed by atoms with Crippen LogP contribution in [0.2, 0.25) is 26.2 Å². The zero-order chi connectivity index (χ0) is 23.9. The quantitative estimate of drug-likeness (QED) is 0.148. The molecule has 1 nitrogen and oxygen atoms in total. The molecule has 2 aliphatic rings. The van der Waals surface area contributed by atoms with Gasteiger partial charge in [-0.15, -0.1) is 28.1 Å². The smallest absolute Gasteiger partial charge is 0.0943 e. The molecule has 3 heterocycles. The van der Waals surface area contributed by atoms with Crippen molar-refractivity contribution in [1.82, 2.24) is 4.98 Å². The number of hydrogen-bond acceptors (Lipinski definition) is 1. The maximum atomic E-state index is 5.10. The molecular weight excluding hydrogens is 666 g/mol. The number of fused-ring (bicyclic) bond motifs is 5. The number of aromatic nitrogens is 1. The second-order valence-electron chi connectivity index (χ2n) is 10.8. The molecular formula is C31H27IrNPSi2-. The van der Waals surface area contributed by atoms with Crippen LogP contribution in [0.5, 0.6) is 0 Å². The average molecular weight is 693 g/mol. The minimum atomic E-state index is -1.93. The van der Waals surface area contributed by atoms with Crippen LogP contribution in [0.3, 0.4) is 0 Å². The molecule has 2 aliphatic heterocycles. The zero-order valence-electron chi connectivity index (χ0n) is 20.9. The van der Waals surface area contributed by atoms with Gasteiger partial charge in [0.25, 0.3) is 0 Å². The number of para-hydroxylation sites is 1. The number of benzene rings is 4. The summed E-state index contributed by atoms with van der Waals surface area (Å²) in [5.74, 6) is 0. The summed E-state index contributed by atoms with van der Waals surface area (Å²) in [6, 6.07) is 37.9. The van der Waals surface area contributed by atoms with Gasteiger partial charge in [0.1, 0.15) is 0 Å². The van der Waals surface area contributed by atoms with E-state index in [1.165, 1.54) is 16.1 Å². The van der Waals surface area contributed by atoms with Gasteiger partial charge in [-0.05, 0) is 38.1 Å². The number of hydrogen-bond donors (Lipinski definition) is 0. The van der Waals surface area contributed by atoms with Gasteiger partial charge < -0.3 is 0 Å². The van der Waals surface area contributed by atoms with Crippen molar-refractivity contribution in [2.24, 2.45) is 0 Å². The number of rotatable bonds is 1. The normalized spacial score (nSPS) is 17.9. The SMILES string of the molecule is C[Si]1(C)c2[c-]c(-c3ccc4ccccc4n3)cc3c2P(c2ccccc21)c1ccccc1[Si]3(C)C.[Ir]. The molecule has 0 spiro atoms. The van der Waals surface area contributed by atoms with Crippen molar-refractivity contribution in [2.75, 3.05) is 0 Å². The van der Waals surface area contributed by atoms with Gasteiger partial charge in [0.05, 0.1) is 21.7 Å². The van der Waals surface area contributed by atoms with Crippen LogP contribution in [0.25, 0.3) is 22.2 Å². The van der Waals surface area contributed by atoms with E-state index < -0.39 is 24.1 Å². The van der Waals surface area contributed by atoms with Crippen LogP contribution in [0.15, 0.2) is 91.0 Å². The fourth-order valence-corrected chi connectivity index (χ4v) is 18.8. The third-order valence-electron chi connectivity index (χ3n) is 8.07. The first kappa shape index (κ1) is 24.2. The summed E-state index contributed by atoms with van der Waals surface area (Å²) >= 11 is 0. The molecule has 7 rings (SSSR count). The van der Waals surface area contributed by atoms with Crippen LogP contribution in [0.1, 0.15) is 0 Å². The van der Waals surface area contributed by atoms with Crippen LogP contribution >= 0.6 is 7.92 Å². The van der Waals surface area contributed by atoms with E-state index in [0.717, 1.165) is 11.2 Å². The summed E-state index contributed by atoms with van der Waals surface area (Å²) in [6.45, 7) is 10.1. The Labute approximate surface area is 230 Å². The van der Waals surface area contributed by atoms with Crippen molar-refractivity contribution >= 4 is 71.6 Å². The second kappa shape index (κ2) is 8.41. The van der Waals surface area contributed by atoms with E-state index in [2.05, 4.69) is 123 Å². The van der Waals surface area contributed by atoms with E-state index in [1.807, 2.05) is 0 Å². The van der Waals surface area contributed by atoms with Gasteiger partial charge in [-0.3, -0.25) is 4.98 Å². The topological polar surface area (TPSA) is 12.9 Å². The molecule has 0 bridgehead atoms. The van der Waals surface area contributed by atoms with Crippen molar-refractivity contribution in [3.05, 3.63) is 97.1 Å². The van der Waals surface area contributed by atoms with Crippen LogP contribution in [-0.2, 0) is 20.1 Å². The Morgan fingerprint density at radius 1 is 0.667 bits per heavy atom. The maximum absolute atomic E-state index is 5.10. The molecule has 1 unspecified atom stereocenters. The van der Waals surface area contributed by atoms with Crippen molar-refractivity contribution in [3.8, 4) is 11.3 Å². The van der Waals surface area contributed by atoms with E-state index >= 15 is 0 Å². The molecule has 0 saturated heterocycles. The summed E-state index contributed by atoms with van der Waals surface area (Å²) in [6.07, 6.45) is 0. The van der Waals surface area contributed by atoms with Gasteiger partial charge >= 0.3 is 0 Å². The molecule has 179 valence electrons. The fourth-order valence-electron chi connectivity index (χ4n) is 6.14. The van der Waals surface area contributed by atoms with Crippen LogP contribution in [0, 0.1) is 6.07 Å². The molecule has 0 fully saturated rings. The van der Waals surface area contributed by atoms with Gasteiger partial charge in [0.2, 0.25) is 0 Å². The van der Waals surface area contributed by atoms with E-state index in [4.69, 9.17) is 4.98 Å². The molecule has 5 aromatic rings. The molecule has 1 atom stereocenters. The fraction of sp³-hybridized carbons (Fsp3) is 0.129. The van der Waals surface area contributed by atoms with Crippen LogP contribution < -0.4 is 36.7 Å². The summed E-state index contributed by atoms with van der Waals surface area (Å²) in [5, 5.41) is 12.3. The largest absolute Gasteiger partial charge is 0.296 e. The monoisotopic (exact) mass is 693 g/mol. The van der Waals surface area contributed by atoms with E-state index in [0.29, 0.717) is 0 Å². The third-order valence-corrected chi connectivity index (χ3v) is 18.5. The molecule has 0 aliphatic carbocycles. The Morgan fingerprint density at radius 2 is 1.28 bits per heavy atom. The van der Waals surface area contributed by atoms with Crippen LogP contribution in [-0.4, -0.2) is 21.1 Å². The Balaban J connectivity index is 0.00000240. The average Bonchev–Trinajstić information content (AvgIpc) is 2.88. The van der Waals surface area contributed by atoms with Crippen molar-refractivity contribution < 1.29 is 20.1 Å². The molecule has 0 amide bonds. The molecule has 0 N–H and O–H groups in total. The van der Waals surface area contributed by atoms with Crippen molar-refractivity contribution in [1.29, 1.82) is 0 Å². The molecule has 0 saturated carbocycles. The predicted molar refractivity (Wildman–Crippen MR) is 158 cm³/mol. The van der Waals surface area contributed by atoms with Gasteiger partial charge in [-0.25, -0.2) is 0 Å². The maximum Gasteiger partial charge on any atom is 0.0943 e. The Morgan fingerprint density at radius 3 is 2.00 bits per heavy atom. The number of pyridine rings is 1. The van der Waals surface area contributed by atoms with Crippen LogP contribution in [0.4, 0.5) is 0 Å². The van der Waals surface area contributed by atoms with E-state index in [1.54, 1.807) is 31.5 Å². The molecule has 5 heteroatoms. The molecule has 4 aromatic carbocycles. The van der Waals surface area contributed by atoms with Gasteiger partial charge in [-0.1, -0.05) is 118 Å². The molecule has 1 aromatic heterocycles. The van der Waals surface area contributed by atoms with Gasteiger partial charge in [0.15, 0.2) is 0 Å². The third kappa shape index (κ3) is 3.29. The zero-order valence-corrected chi connectivity index (χ0v) is 26.2. The summed E-state index contributed by atoms with van der Waals surface area (Å²) < 4.78 is 0. The first-order valence-electron chi connectivity index (χ1n) is 12.3. The van der Waals surface area contributed by atoms with E-state index in [-0.39, 0.29) is 20.1 Å². The van der Waals surface area contributed by atoms with Gasteiger partial charge in [0, 0.05) is 20.1 Å². The van der Waals surface area contributed by atoms with Crippen molar-refractivity contribution in [3.63, 3.8) is 0 Å². The number of nitrogens with zero attached hydrogens (tertiary/aromatic N) is 1. The minimum Gasteiger partial charge on any atom is -0.296 e. The second-order valence-corrected chi connectivity index (χ2v) is 21.5. The molecule has 1 radical (unpaired) electrons. The van der Waals surface area contributed by atoms with Crippen molar-refractivity contribution in [2.45, 2.75) is 26.2 Å². The summed E-state index contributed by atoms with van der Waals surface area (Å²) in [5.41, 5.74) is 3.26. The predicted octanol–water partition coefficient (Wildman–Crippen LogP) is 3.73. The summed E-state index contributed by atoms with van der Waals surface area (Å²) in [4.78, 5) is 5.10. The summed E-state index contributed by atoms with van der Waals surface area (Å²) in [7, 11) is -4.39. The van der Waals surface area contributed by atoms with Gasteiger partial charge in [-0.2, -0.15) is 0 Å². The Hall–Kier alpha value is -2.20. The first-order valence-corrected chi connectivity index (χ1v) is 19.7. The standard InChI is InChI=1S/C31H27NPSi2.Ir/c1-34(2)27-15-9-7-13-25(27)33-26-14-8-10-16-28(26)35(3,4)30-20-22(19-29(34)31(30)33)24-18-17-21-11-5-6-12-23(21)32-24;/h5-19H,1-4H3;/q-1;. The Bertz CT molecular complexity index is 1600. The minimum absolute atomic E-state index is 0. The molecule has 36 heavy (non-hydrogen) atoms.